The molecule has 0 bridgehead atoms. The summed E-state index contributed by atoms with van der Waals surface area (Å²) in [5, 5.41) is 0.209. The van der Waals surface area contributed by atoms with Crippen molar-refractivity contribution < 1.29 is 13.5 Å². The first-order valence-corrected chi connectivity index (χ1v) is 3.85. The van der Waals surface area contributed by atoms with Gasteiger partial charge in [-0.2, -0.15) is 0 Å². The predicted molar refractivity (Wildman–Crippen MR) is 34.0 cm³/mol. The highest BCUT2D eigenvalue weighted by Crippen LogP contribution is 2.11. The van der Waals surface area contributed by atoms with Gasteiger partial charge in [0.25, 0.3) is 0 Å². The van der Waals surface area contributed by atoms with E-state index in [2.05, 4.69) is 0 Å². The Kier molecular flexibility index (Phi) is 2.24. The van der Waals surface area contributed by atoms with Crippen molar-refractivity contribution in [3.05, 3.63) is 11.2 Å². The van der Waals surface area contributed by atoms with Gasteiger partial charge in [0.05, 0.1) is 6.61 Å². The molecule has 1 rings (SSSR count). The van der Waals surface area contributed by atoms with Crippen molar-refractivity contribution in [1.82, 2.24) is 0 Å². The number of hydrogen-bond acceptors (Lipinski definition) is 2. The van der Waals surface area contributed by atoms with Gasteiger partial charge in [0, 0.05) is 0 Å². The summed E-state index contributed by atoms with van der Waals surface area (Å²) in [5.74, 6) is 0. The number of ether oxygens (including phenoxy) is 1. The zero-order valence-electron chi connectivity index (χ0n) is 4.87. The van der Waals surface area contributed by atoms with Gasteiger partial charge < -0.3 is 4.74 Å². The molecule has 0 aromatic carbocycles. The van der Waals surface area contributed by atoms with Crippen molar-refractivity contribution in [3.63, 3.8) is 0 Å². The Hall–Kier alpha value is -0.350. The van der Waals surface area contributed by atoms with Gasteiger partial charge in [-0.15, -0.1) is 0 Å². The van der Waals surface area contributed by atoms with Crippen LogP contribution in [0.15, 0.2) is 11.2 Å². The molecule has 0 aromatic rings. The van der Waals surface area contributed by atoms with E-state index in [0.717, 1.165) is 12.8 Å². The highest BCUT2D eigenvalue weighted by Gasteiger charge is 2.08. The van der Waals surface area contributed by atoms with E-state index < -0.39 is 11.1 Å². The third-order valence-electron chi connectivity index (χ3n) is 1.08. The summed E-state index contributed by atoms with van der Waals surface area (Å²) in [7, 11) is 0. The second-order valence-electron chi connectivity index (χ2n) is 1.76. The van der Waals surface area contributed by atoms with Gasteiger partial charge in [0.1, 0.15) is 0 Å². The molecule has 3 nitrogen and oxygen atoms in total. The molecule has 0 aromatic heterocycles. The Bertz CT molecular complexity index is 152. The van der Waals surface area contributed by atoms with Crippen molar-refractivity contribution >= 4 is 11.1 Å². The minimum absolute atomic E-state index is 0.209. The highest BCUT2D eigenvalue weighted by molar-refractivity contribution is 7.83. The summed E-state index contributed by atoms with van der Waals surface area (Å²) in [4.78, 5) is 0. The first-order chi connectivity index (χ1) is 4.30. The largest absolute Gasteiger partial charge is 0.483 e. The fourth-order valence-electron chi connectivity index (χ4n) is 0.657. The van der Waals surface area contributed by atoms with Crippen LogP contribution in [-0.4, -0.2) is 15.4 Å². The normalized spacial score (nSPS) is 22.1. The van der Waals surface area contributed by atoms with Crippen molar-refractivity contribution in [1.29, 1.82) is 0 Å². The lowest BCUT2D eigenvalue weighted by atomic mass is 10.3. The molecule has 52 valence electrons. The highest BCUT2D eigenvalue weighted by atomic mass is 32.2. The van der Waals surface area contributed by atoms with Crippen molar-refractivity contribution in [2.45, 2.75) is 12.8 Å². The summed E-state index contributed by atoms with van der Waals surface area (Å²) >= 11 is -1.91. The van der Waals surface area contributed by atoms with Gasteiger partial charge in [0.2, 0.25) is 16.2 Å². The zero-order chi connectivity index (χ0) is 6.69. The minimum atomic E-state index is -1.91. The second kappa shape index (κ2) is 2.98. The van der Waals surface area contributed by atoms with Crippen LogP contribution in [0.3, 0.4) is 0 Å². The molecule has 1 atom stereocenters. The second-order valence-corrected chi connectivity index (χ2v) is 2.66. The van der Waals surface area contributed by atoms with Crippen LogP contribution in [0.25, 0.3) is 0 Å². The van der Waals surface area contributed by atoms with Crippen LogP contribution in [0.2, 0.25) is 0 Å². The molecule has 4 heteroatoms. The van der Waals surface area contributed by atoms with Gasteiger partial charge in [-0.1, -0.05) is 0 Å². The molecule has 0 amide bonds. The molecule has 1 unspecified atom stereocenters. The first kappa shape index (κ1) is 6.77. The molecule has 1 aliphatic rings. The average Bonchev–Trinajstić information content (AvgIpc) is 1.90. The van der Waals surface area contributed by atoms with Crippen molar-refractivity contribution in [3.8, 4) is 0 Å². The Morgan fingerprint density at radius 2 is 2.56 bits per heavy atom. The van der Waals surface area contributed by atoms with Crippen LogP contribution in [0.4, 0.5) is 0 Å². The van der Waals surface area contributed by atoms with Crippen LogP contribution in [0.5, 0.6) is 0 Å². The van der Waals surface area contributed by atoms with E-state index in [4.69, 9.17) is 9.29 Å². The van der Waals surface area contributed by atoms with E-state index in [9.17, 15) is 4.21 Å². The maximum Gasteiger partial charge on any atom is 0.222 e. The molecule has 0 saturated heterocycles. The van der Waals surface area contributed by atoms with Gasteiger partial charge in [-0.25, -0.2) is 4.21 Å². The smallest absolute Gasteiger partial charge is 0.222 e. The molecule has 0 spiro atoms. The lowest BCUT2D eigenvalue weighted by molar-refractivity contribution is 0.214. The third-order valence-corrected chi connectivity index (χ3v) is 1.70. The van der Waals surface area contributed by atoms with E-state index in [1.165, 1.54) is 0 Å². The summed E-state index contributed by atoms with van der Waals surface area (Å²) in [6.07, 6.45) is 3.45. The standard InChI is InChI=1S/C5H8O3S/c6-9(7)5-3-1-2-4-8-5/h3H,1-2,4H2,(H,6,7). The van der Waals surface area contributed by atoms with Crippen molar-refractivity contribution in [2.75, 3.05) is 6.61 Å². The van der Waals surface area contributed by atoms with E-state index in [0.29, 0.717) is 6.61 Å². The average molecular weight is 148 g/mol. The maximum atomic E-state index is 10.3. The monoisotopic (exact) mass is 148 g/mol. The minimum Gasteiger partial charge on any atom is -0.483 e. The van der Waals surface area contributed by atoms with Crippen molar-refractivity contribution in [2.24, 2.45) is 0 Å². The molecule has 0 fully saturated rings. The molecular weight excluding hydrogens is 140 g/mol. The molecular formula is C5H8O3S. The molecule has 0 saturated carbocycles. The summed E-state index contributed by atoms with van der Waals surface area (Å²) in [5.41, 5.74) is 0. The fraction of sp³-hybridized carbons (Fsp3) is 0.600. The zero-order valence-corrected chi connectivity index (χ0v) is 5.69. The summed E-state index contributed by atoms with van der Waals surface area (Å²) in [6.45, 7) is 0.568. The molecule has 0 radical (unpaired) electrons. The van der Waals surface area contributed by atoms with E-state index in [1.54, 1.807) is 6.08 Å². The predicted octanol–water partition coefficient (Wildman–Crippen LogP) is 0.860. The molecule has 1 N–H and O–H groups in total. The Labute approximate surface area is 56.0 Å². The SMILES string of the molecule is O=S(O)C1=CCCCO1. The van der Waals surface area contributed by atoms with Crippen LogP contribution in [0.1, 0.15) is 12.8 Å². The molecule has 9 heavy (non-hydrogen) atoms. The van der Waals surface area contributed by atoms with Crippen LogP contribution in [0, 0.1) is 0 Å². The Morgan fingerprint density at radius 3 is 2.89 bits per heavy atom. The van der Waals surface area contributed by atoms with Crippen LogP contribution < -0.4 is 0 Å². The molecule has 1 heterocycles. The maximum absolute atomic E-state index is 10.3. The quantitative estimate of drug-likeness (QED) is 0.561. The topological polar surface area (TPSA) is 46.5 Å². The Morgan fingerprint density at radius 1 is 1.78 bits per heavy atom. The first-order valence-electron chi connectivity index (χ1n) is 2.74. The van der Waals surface area contributed by atoms with E-state index in [-0.39, 0.29) is 5.09 Å². The van der Waals surface area contributed by atoms with Gasteiger partial charge in [-0.05, 0) is 18.9 Å². The van der Waals surface area contributed by atoms with Crippen LogP contribution >= 0.6 is 0 Å². The lowest BCUT2D eigenvalue weighted by Gasteiger charge is -2.10. The fourth-order valence-corrected chi connectivity index (χ4v) is 1.10. The number of allylic oxidation sites excluding steroid dienone is 1. The number of hydrogen-bond donors (Lipinski definition) is 1. The van der Waals surface area contributed by atoms with E-state index in [1.807, 2.05) is 0 Å². The third kappa shape index (κ3) is 1.80. The summed E-state index contributed by atoms with van der Waals surface area (Å²) in [6, 6.07) is 0. The molecule has 0 aliphatic carbocycles. The number of rotatable bonds is 1. The molecule has 1 aliphatic heterocycles. The van der Waals surface area contributed by atoms with E-state index >= 15 is 0 Å². The van der Waals surface area contributed by atoms with Gasteiger partial charge in [0.15, 0.2) is 0 Å². The summed E-state index contributed by atoms with van der Waals surface area (Å²) < 4.78 is 23.6. The Balaban J connectivity index is 2.57. The van der Waals surface area contributed by atoms with Gasteiger partial charge in [-0.3, -0.25) is 4.55 Å². The lowest BCUT2D eigenvalue weighted by Crippen LogP contribution is -2.04. The van der Waals surface area contributed by atoms with Gasteiger partial charge >= 0.3 is 0 Å². The van der Waals surface area contributed by atoms with Crippen LogP contribution in [-0.2, 0) is 15.8 Å².